The SMILES string of the molecule is CC[C@@H](C(=O)NC[C@@]1(O)CCOc2ccccc21)c1ccccc1. The summed E-state index contributed by atoms with van der Waals surface area (Å²) >= 11 is 0. The lowest BCUT2D eigenvalue weighted by atomic mass is 9.87. The van der Waals surface area contributed by atoms with Crippen LogP contribution in [0.3, 0.4) is 0 Å². The standard InChI is InChI=1S/C20H23NO3/c1-2-16(15-8-4-3-5-9-15)19(22)21-14-20(23)12-13-24-18-11-7-6-10-17(18)20/h3-11,16,23H,2,12-14H2,1H3,(H,21,22)/t16-,20+/m1/s1. The van der Waals surface area contributed by atoms with Crippen molar-refractivity contribution in [2.75, 3.05) is 13.2 Å². The van der Waals surface area contributed by atoms with Crippen molar-refractivity contribution in [1.82, 2.24) is 5.32 Å². The molecule has 1 aliphatic heterocycles. The van der Waals surface area contributed by atoms with Crippen molar-refractivity contribution in [2.24, 2.45) is 0 Å². The number of hydrogen-bond donors (Lipinski definition) is 2. The van der Waals surface area contributed by atoms with Crippen molar-refractivity contribution in [3.63, 3.8) is 0 Å². The Balaban J connectivity index is 1.72. The third kappa shape index (κ3) is 3.29. The highest BCUT2D eigenvalue weighted by Gasteiger charge is 2.36. The third-order valence-corrected chi connectivity index (χ3v) is 4.64. The number of amides is 1. The lowest BCUT2D eigenvalue weighted by Gasteiger charge is -2.34. The van der Waals surface area contributed by atoms with Crippen LogP contribution in [-0.2, 0) is 10.4 Å². The molecule has 2 atom stereocenters. The van der Waals surface area contributed by atoms with Gasteiger partial charge in [0.25, 0.3) is 0 Å². The van der Waals surface area contributed by atoms with E-state index in [9.17, 15) is 9.90 Å². The van der Waals surface area contributed by atoms with Gasteiger partial charge in [-0.25, -0.2) is 0 Å². The highest BCUT2D eigenvalue weighted by molar-refractivity contribution is 5.83. The van der Waals surface area contributed by atoms with Gasteiger partial charge in [-0.05, 0) is 18.1 Å². The summed E-state index contributed by atoms with van der Waals surface area (Å²) in [6, 6.07) is 17.2. The van der Waals surface area contributed by atoms with Gasteiger partial charge in [0.15, 0.2) is 0 Å². The van der Waals surface area contributed by atoms with Crippen LogP contribution in [0.25, 0.3) is 0 Å². The zero-order valence-corrected chi connectivity index (χ0v) is 13.9. The summed E-state index contributed by atoms with van der Waals surface area (Å²) in [7, 11) is 0. The molecule has 0 bridgehead atoms. The van der Waals surface area contributed by atoms with E-state index in [2.05, 4.69) is 5.32 Å². The highest BCUT2D eigenvalue weighted by atomic mass is 16.5. The number of ether oxygens (including phenoxy) is 1. The number of carbonyl (C=O) groups is 1. The fourth-order valence-electron chi connectivity index (χ4n) is 3.24. The number of fused-ring (bicyclic) bond motifs is 1. The minimum atomic E-state index is -1.08. The summed E-state index contributed by atoms with van der Waals surface area (Å²) in [6.45, 7) is 2.63. The third-order valence-electron chi connectivity index (χ3n) is 4.64. The van der Waals surface area contributed by atoms with Crippen LogP contribution in [0.2, 0.25) is 0 Å². The first-order valence-electron chi connectivity index (χ1n) is 8.41. The normalized spacial score (nSPS) is 20.6. The van der Waals surface area contributed by atoms with Gasteiger partial charge in [0.1, 0.15) is 11.4 Å². The Labute approximate surface area is 142 Å². The van der Waals surface area contributed by atoms with Gasteiger partial charge in [0.2, 0.25) is 5.91 Å². The van der Waals surface area contributed by atoms with E-state index < -0.39 is 5.60 Å². The van der Waals surface area contributed by atoms with Crippen LogP contribution in [0.15, 0.2) is 54.6 Å². The fraction of sp³-hybridized carbons (Fsp3) is 0.350. The van der Waals surface area contributed by atoms with E-state index in [0.29, 0.717) is 25.2 Å². The second-order valence-electron chi connectivity index (χ2n) is 6.22. The Morgan fingerprint density at radius 3 is 2.67 bits per heavy atom. The van der Waals surface area contributed by atoms with Crippen LogP contribution < -0.4 is 10.1 Å². The van der Waals surface area contributed by atoms with Crippen molar-refractivity contribution in [2.45, 2.75) is 31.3 Å². The Hall–Kier alpha value is -2.33. The Morgan fingerprint density at radius 1 is 1.21 bits per heavy atom. The molecule has 0 saturated carbocycles. The predicted octanol–water partition coefficient (Wildman–Crippen LogP) is 2.97. The molecule has 0 spiro atoms. The van der Waals surface area contributed by atoms with Crippen molar-refractivity contribution >= 4 is 5.91 Å². The molecular formula is C20H23NO3. The van der Waals surface area contributed by atoms with Gasteiger partial charge in [0, 0.05) is 12.0 Å². The summed E-state index contributed by atoms with van der Waals surface area (Å²) in [5.74, 6) is 0.432. The molecule has 24 heavy (non-hydrogen) atoms. The van der Waals surface area contributed by atoms with E-state index in [-0.39, 0.29) is 18.4 Å². The van der Waals surface area contributed by atoms with E-state index in [1.165, 1.54) is 0 Å². The lowest BCUT2D eigenvalue weighted by molar-refractivity contribution is -0.124. The molecule has 0 radical (unpaired) electrons. The van der Waals surface area contributed by atoms with E-state index in [0.717, 1.165) is 11.1 Å². The van der Waals surface area contributed by atoms with Gasteiger partial charge in [-0.1, -0.05) is 55.5 Å². The molecule has 4 nitrogen and oxygen atoms in total. The molecule has 1 amide bonds. The second-order valence-corrected chi connectivity index (χ2v) is 6.22. The number of para-hydroxylation sites is 1. The van der Waals surface area contributed by atoms with Gasteiger partial charge in [-0.3, -0.25) is 4.79 Å². The van der Waals surface area contributed by atoms with Gasteiger partial charge in [-0.15, -0.1) is 0 Å². The minimum absolute atomic E-state index is 0.0545. The van der Waals surface area contributed by atoms with E-state index in [1.54, 1.807) is 0 Å². The topological polar surface area (TPSA) is 58.6 Å². The molecule has 0 aliphatic carbocycles. The van der Waals surface area contributed by atoms with Crippen molar-refractivity contribution in [3.05, 3.63) is 65.7 Å². The molecule has 0 unspecified atom stereocenters. The number of benzene rings is 2. The summed E-state index contributed by atoms with van der Waals surface area (Å²) in [4.78, 5) is 12.6. The first-order valence-corrected chi connectivity index (χ1v) is 8.41. The molecule has 0 fully saturated rings. The highest BCUT2D eigenvalue weighted by Crippen LogP contribution is 2.36. The summed E-state index contributed by atoms with van der Waals surface area (Å²) in [5.41, 5.74) is 0.653. The van der Waals surface area contributed by atoms with Crippen LogP contribution in [0, 0.1) is 0 Å². The summed E-state index contributed by atoms with van der Waals surface area (Å²) in [6.07, 6.45) is 1.18. The van der Waals surface area contributed by atoms with Gasteiger partial charge < -0.3 is 15.2 Å². The first-order chi connectivity index (χ1) is 11.6. The van der Waals surface area contributed by atoms with E-state index >= 15 is 0 Å². The molecule has 1 aliphatic rings. The summed E-state index contributed by atoms with van der Waals surface area (Å²) in [5, 5.41) is 13.9. The van der Waals surface area contributed by atoms with E-state index in [4.69, 9.17) is 4.74 Å². The van der Waals surface area contributed by atoms with Crippen LogP contribution in [-0.4, -0.2) is 24.2 Å². The molecule has 2 aromatic rings. The maximum Gasteiger partial charge on any atom is 0.227 e. The number of rotatable bonds is 5. The van der Waals surface area contributed by atoms with Crippen molar-refractivity contribution in [3.8, 4) is 5.75 Å². The maximum absolute atomic E-state index is 12.6. The number of carbonyl (C=O) groups excluding carboxylic acids is 1. The average Bonchev–Trinajstić information content (AvgIpc) is 2.62. The van der Waals surface area contributed by atoms with Crippen molar-refractivity contribution < 1.29 is 14.6 Å². The molecule has 3 rings (SSSR count). The number of hydrogen-bond acceptors (Lipinski definition) is 3. The molecule has 2 N–H and O–H groups in total. The van der Waals surface area contributed by atoms with Crippen LogP contribution in [0.5, 0.6) is 5.75 Å². The molecule has 0 aromatic heterocycles. The second kappa shape index (κ2) is 7.05. The number of aliphatic hydroxyl groups is 1. The van der Waals surface area contributed by atoms with Gasteiger partial charge >= 0.3 is 0 Å². The quantitative estimate of drug-likeness (QED) is 0.888. The van der Waals surface area contributed by atoms with Crippen LogP contribution in [0.4, 0.5) is 0 Å². The monoisotopic (exact) mass is 325 g/mol. The predicted molar refractivity (Wildman–Crippen MR) is 92.9 cm³/mol. The zero-order valence-electron chi connectivity index (χ0n) is 13.9. The maximum atomic E-state index is 12.6. The Morgan fingerprint density at radius 2 is 1.92 bits per heavy atom. The summed E-state index contributed by atoms with van der Waals surface area (Å²) < 4.78 is 5.59. The lowest BCUT2D eigenvalue weighted by Crippen LogP contribution is -2.45. The molecule has 1 heterocycles. The molecule has 0 saturated heterocycles. The minimum Gasteiger partial charge on any atom is -0.493 e. The Kier molecular flexibility index (Phi) is 4.86. The molecular weight excluding hydrogens is 302 g/mol. The largest absolute Gasteiger partial charge is 0.493 e. The first kappa shape index (κ1) is 16.5. The molecule has 4 heteroatoms. The van der Waals surface area contributed by atoms with Gasteiger partial charge in [0.05, 0.1) is 19.1 Å². The van der Waals surface area contributed by atoms with Gasteiger partial charge in [-0.2, -0.15) is 0 Å². The zero-order chi connectivity index (χ0) is 17.0. The van der Waals surface area contributed by atoms with Crippen LogP contribution >= 0.6 is 0 Å². The molecule has 2 aromatic carbocycles. The van der Waals surface area contributed by atoms with E-state index in [1.807, 2.05) is 61.5 Å². The average molecular weight is 325 g/mol. The van der Waals surface area contributed by atoms with Crippen LogP contribution in [0.1, 0.15) is 36.8 Å². The number of nitrogens with one attached hydrogen (secondary N) is 1. The van der Waals surface area contributed by atoms with Crippen molar-refractivity contribution in [1.29, 1.82) is 0 Å². The fourth-order valence-corrected chi connectivity index (χ4v) is 3.24. The smallest absolute Gasteiger partial charge is 0.227 e. The molecule has 126 valence electrons. The Bertz CT molecular complexity index is 701.